The second kappa shape index (κ2) is 6.89. The minimum atomic E-state index is -0.758. The van der Waals surface area contributed by atoms with Crippen molar-refractivity contribution in [3.63, 3.8) is 0 Å². The maximum atomic E-state index is 13.5. The first kappa shape index (κ1) is 15.8. The van der Waals surface area contributed by atoms with Gasteiger partial charge in [-0.1, -0.05) is 31.0 Å². The van der Waals surface area contributed by atoms with Crippen LogP contribution in [0.2, 0.25) is 0 Å². The molecule has 0 spiro atoms. The molecule has 5 heteroatoms. The highest BCUT2D eigenvalue weighted by Gasteiger charge is 2.31. The van der Waals surface area contributed by atoms with Crippen molar-refractivity contribution in [3.05, 3.63) is 35.6 Å². The van der Waals surface area contributed by atoms with E-state index in [1.807, 2.05) is 6.92 Å². The van der Waals surface area contributed by atoms with Crippen LogP contribution in [0.15, 0.2) is 24.3 Å². The largest absolute Gasteiger partial charge is 0.388 e. The highest BCUT2D eigenvalue weighted by Crippen LogP contribution is 2.28. The monoisotopic (exact) mass is 294 g/mol. The van der Waals surface area contributed by atoms with Gasteiger partial charge in [0.25, 0.3) is 0 Å². The number of urea groups is 1. The Morgan fingerprint density at radius 1 is 1.38 bits per heavy atom. The number of hydrogen-bond donors (Lipinski definition) is 3. The van der Waals surface area contributed by atoms with E-state index in [4.69, 9.17) is 0 Å². The van der Waals surface area contributed by atoms with E-state index in [9.17, 15) is 14.3 Å². The van der Waals surface area contributed by atoms with Gasteiger partial charge >= 0.3 is 6.03 Å². The molecule has 2 rings (SSSR count). The summed E-state index contributed by atoms with van der Waals surface area (Å²) in [5, 5.41) is 15.6. The van der Waals surface area contributed by atoms with E-state index in [1.54, 1.807) is 18.2 Å². The molecule has 1 aliphatic carbocycles. The zero-order chi connectivity index (χ0) is 15.3. The van der Waals surface area contributed by atoms with E-state index in [-0.39, 0.29) is 24.4 Å². The van der Waals surface area contributed by atoms with E-state index < -0.39 is 5.60 Å². The molecular weight excluding hydrogens is 271 g/mol. The van der Waals surface area contributed by atoms with E-state index in [2.05, 4.69) is 10.6 Å². The van der Waals surface area contributed by atoms with Crippen LogP contribution in [-0.2, 0) is 6.42 Å². The highest BCUT2D eigenvalue weighted by molar-refractivity contribution is 5.74. The molecule has 1 atom stereocenters. The molecule has 1 aromatic rings. The number of benzene rings is 1. The summed E-state index contributed by atoms with van der Waals surface area (Å²) >= 11 is 0. The summed E-state index contributed by atoms with van der Waals surface area (Å²) in [5.41, 5.74) is -0.175. The van der Waals surface area contributed by atoms with Gasteiger partial charge in [-0.3, -0.25) is 0 Å². The Morgan fingerprint density at radius 2 is 2.05 bits per heavy atom. The first-order valence-electron chi connectivity index (χ1n) is 7.49. The topological polar surface area (TPSA) is 61.4 Å². The Labute approximate surface area is 124 Å². The lowest BCUT2D eigenvalue weighted by molar-refractivity contribution is 0.0500. The van der Waals surface area contributed by atoms with Crippen LogP contribution >= 0.6 is 0 Å². The van der Waals surface area contributed by atoms with Crippen LogP contribution in [0.5, 0.6) is 0 Å². The molecule has 0 aromatic heterocycles. The van der Waals surface area contributed by atoms with Gasteiger partial charge in [0, 0.05) is 12.6 Å². The normalized spacial score (nSPS) is 18.2. The van der Waals surface area contributed by atoms with Crippen molar-refractivity contribution in [2.45, 2.75) is 50.7 Å². The van der Waals surface area contributed by atoms with Crippen molar-refractivity contribution in [2.75, 3.05) is 6.54 Å². The molecule has 0 bridgehead atoms. The third kappa shape index (κ3) is 4.70. The molecule has 4 nitrogen and oxygen atoms in total. The van der Waals surface area contributed by atoms with Crippen LogP contribution in [0.3, 0.4) is 0 Å². The standard InChI is InChI=1S/C16H23FN2O2/c1-12(10-13-6-2-3-7-14(13)17)19-15(20)18-11-16(21)8-4-5-9-16/h2-3,6-7,12,21H,4-5,8-11H2,1H3,(H2,18,19,20). The maximum Gasteiger partial charge on any atom is 0.315 e. The minimum absolute atomic E-state index is 0.180. The Kier molecular flexibility index (Phi) is 5.17. The number of amides is 2. The van der Waals surface area contributed by atoms with Gasteiger partial charge in [0.15, 0.2) is 0 Å². The second-order valence-electron chi connectivity index (χ2n) is 5.96. The zero-order valence-electron chi connectivity index (χ0n) is 12.4. The summed E-state index contributed by atoms with van der Waals surface area (Å²) in [7, 11) is 0. The molecule has 21 heavy (non-hydrogen) atoms. The fourth-order valence-corrected chi connectivity index (χ4v) is 2.77. The van der Waals surface area contributed by atoms with Crippen LogP contribution in [0.4, 0.5) is 9.18 Å². The lowest BCUT2D eigenvalue weighted by atomic mass is 10.0. The van der Waals surface area contributed by atoms with Crippen molar-refractivity contribution in [1.82, 2.24) is 10.6 Å². The summed E-state index contributed by atoms with van der Waals surface area (Å²) in [5.74, 6) is -0.258. The van der Waals surface area contributed by atoms with Crippen LogP contribution in [0.25, 0.3) is 0 Å². The number of hydrogen-bond acceptors (Lipinski definition) is 2. The first-order valence-corrected chi connectivity index (χ1v) is 7.49. The highest BCUT2D eigenvalue weighted by atomic mass is 19.1. The third-order valence-electron chi connectivity index (χ3n) is 3.97. The predicted molar refractivity (Wildman–Crippen MR) is 79.5 cm³/mol. The predicted octanol–water partition coefficient (Wildman–Crippen LogP) is 2.36. The first-order chi connectivity index (χ1) is 9.98. The van der Waals surface area contributed by atoms with Gasteiger partial charge in [-0.25, -0.2) is 9.18 Å². The molecule has 0 saturated heterocycles. The van der Waals surface area contributed by atoms with Gasteiger partial charge in [0.1, 0.15) is 5.82 Å². The molecule has 1 aliphatic rings. The molecule has 1 saturated carbocycles. The number of nitrogens with one attached hydrogen (secondary N) is 2. The average Bonchev–Trinajstić information content (AvgIpc) is 2.87. The van der Waals surface area contributed by atoms with E-state index in [0.29, 0.717) is 12.0 Å². The Bertz CT molecular complexity index is 487. The van der Waals surface area contributed by atoms with E-state index >= 15 is 0 Å². The van der Waals surface area contributed by atoms with Crippen LogP contribution in [-0.4, -0.2) is 29.3 Å². The summed E-state index contributed by atoms with van der Waals surface area (Å²) in [6.45, 7) is 2.10. The smallest absolute Gasteiger partial charge is 0.315 e. The Balaban J connectivity index is 1.76. The molecule has 0 aliphatic heterocycles. The van der Waals surface area contributed by atoms with E-state index in [1.165, 1.54) is 6.07 Å². The van der Waals surface area contributed by atoms with E-state index in [0.717, 1.165) is 25.7 Å². The summed E-state index contributed by atoms with van der Waals surface area (Å²) in [6.07, 6.45) is 3.91. The van der Waals surface area contributed by atoms with Gasteiger partial charge in [0.2, 0.25) is 0 Å². The van der Waals surface area contributed by atoms with Crippen molar-refractivity contribution < 1.29 is 14.3 Å². The number of carbonyl (C=O) groups excluding carboxylic acids is 1. The number of halogens is 1. The van der Waals surface area contributed by atoms with Crippen molar-refractivity contribution in [1.29, 1.82) is 0 Å². The number of aliphatic hydroxyl groups is 1. The molecule has 2 amide bonds. The molecule has 3 N–H and O–H groups in total. The number of carbonyl (C=O) groups is 1. The molecule has 0 heterocycles. The van der Waals surface area contributed by atoms with Gasteiger partial charge in [-0.15, -0.1) is 0 Å². The van der Waals surface area contributed by atoms with Crippen LogP contribution in [0.1, 0.15) is 38.2 Å². The molecular formula is C16H23FN2O2. The van der Waals surface area contributed by atoms with Gasteiger partial charge < -0.3 is 15.7 Å². The fourth-order valence-electron chi connectivity index (χ4n) is 2.77. The minimum Gasteiger partial charge on any atom is -0.388 e. The average molecular weight is 294 g/mol. The fraction of sp³-hybridized carbons (Fsp3) is 0.562. The molecule has 1 unspecified atom stereocenters. The summed E-state index contributed by atoms with van der Waals surface area (Å²) < 4.78 is 13.5. The third-order valence-corrected chi connectivity index (χ3v) is 3.97. The molecule has 0 radical (unpaired) electrons. The maximum absolute atomic E-state index is 13.5. The lowest BCUT2D eigenvalue weighted by Gasteiger charge is -2.23. The molecule has 1 aromatic carbocycles. The van der Waals surface area contributed by atoms with Gasteiger partial charge in [-0.05, 0) is 37.8 Å². The summed E-state index contributed by atoms with van der Waals surface area (Å²) in [6, 6.07) is 6.05. The molecule has 116 valence electrons. The SMILES string of the molecule is CC(Cc1ccccc1F)NC(=O)NCC1(O)CCCC1. The summed E-state index contributed by atoms with van der Waals surface area (Å²) in [4.78, 5) is 11.8. The Hall–Kier alpha value is -1.62. The van der Waals surface area contributed by atoms with Gasteiger partial charge in [-0.2, -0.15) is 0 Å². The van der Waals surface area contributed by atoms with Gasteiger partial charge in [0.05, 0.1) is 5.60 Å². The van der Waals surface area contributed by atoms with Crippen molar-refractivity contribution in [3.8, 4) is 0 Å². The number of rotatable bonds is 5. The quantitative estimate of drug-likeness (QED) is 0.780. The Morgan fingerprint density at radius 3 is 2.71 bits per heavy atom. The molecule has 1 fully saturated rings. The van der Waals surface area contributed by atoms with Crippen molar-refractivity contribution >= 4 is 6.03 Å². The second-order valence-corrected chi connectivity index (χ2v) is 5.96. The zero-order valence-corrected chi connectivity index (χ0v) is 12.4. The van der Waals surface area contributed by atoms with Crippen molar-refractivity contribution in [2.24, 2.45) is 0 Å². The lowest BCUT2D eigenvalue weighted by Crippen LogP contribution is -2.47. The van der Waals surface area contributed by atoms with Crippen LogP contribution in [0, 0.1) is 5.82 Å². The van der Waals surface area contributed by atoms with Crippen LogP contribution < -0.4 is 10.6 Å².